The number of nitrogens with one attached hydrogen (secondary N) is 1. The summed E-state index contributed by atoms with van der Waals surface area (Å²) in [4.78, 5) is 20.6. The van der Waals surface area contributed by atoms with Gasteiger partial charge in [0.2, 0.25) is 5.96 Å². The fraction of sp³-hybridized carbons (Fsp3) is 0.611. The first-order valence-corrected chi connectivity index (χ1v) is 11.2. The lowest BCUT2D eigenvalue weighted by Crippen LogP contribution is -2.57. The molecule has 0 radical (unpaired) electrons. The molecule has 2 atom stereocenters. The maximum Gasteiger partial charge on any atom is 0.414 e. The number of fused-ring (bicyclic) bond motifs is 1. The molecule has 0 aromatic carbocycles. The summed E-state index contributed by atoms with van der Waals surface area (Å²) < 4.78 is 53.7. The van der Waals surface area contributed by atoms with Crippen LogP contribution in [0.15, 0.2) is 21.5 Å². The Kier molecular flexibility index (Phi) is 5.89. The van der Waals surface area contributed by atoms with E-state index >= 15 is 0 Å². The SMILES string of the molecule is CC(C)(C)OC(=O)NC1=N[C@](CF)(c2nc(N)ccc2F)C[S@]2(=O)=NCCCCN12. The van der Waals surface area contributed by atoms with Gasteiger partial charge in [0, 0.05) is 6.54 Å². The number of alkyl halides is 1. The van der Waals surface area contributed by atoms with Gasteiger partial charge in [0.25, 0.3) is 0 Å². The van der Waals surface area contributed by atoms with E-state index in [1.807, 2.05) is 0 Å². The summed E-state index contributed by atoms with van der Waals surface area (Å²) in [6.45, 7) is 4.41. The summed E-state index contributed by atoms with van der Waals surface area (Å²) in [5, 5.41) is 2.45. The lowest BCUT2D eigenvalue weighted by atomic mass is 9.98. The van der Waals surface area contributed by atoms with Gasteiger partial charge >= 0.3 is 6.09 Å². The molecule has 0 saturated heterocycles. The molecular formula is C18H26F2N6O3S. The van der Waals surface area contributed by atoms with Crippen LogP contribution in [0.2, 0.25) is 0 Å². The van der Waals surface area contributed by atoms with E-state index in [2.05, 4.69) is 19.7 Å². The molecule has 9 nitrogen and oxygen atoms in total. The van der Waals surface area contributed by atoms with Gasteiger partial charge in [0.15, 0.2) is 5.54 Å². The third-order valence-electron chi connectivity index (χ3n) is 4.53. The van der Waals surface area contributed by atoms with E-state index in [1.54, 1.807) is 20.8 Å². The van der Waals surface area contributed by atoms with E-state index in [1.165, 1.54) is 10.4 Å². The minimum atomic E-state index is -3.23. The molecule has 3 rings (SSSR count). The van der Waals surface area contributed by atoms with Crippen LogP contribution >= 0.6 is 0 Å². The van der Waals surface area contributed by atoms with Gasteiger partial charge in [0.05, 0.1) is 12.3 Å². The van der Waals surface area contributed by atoms with Crippen molar-refractivity contribution < 1.29 is 22.5 Å². The predicted molar refractivity (Wildman–Crippen MR) is 109 cm³/mol. The fourth-order valence-electron chi connectivity index (χ4n) is 3.27. The largest absolute Gasteiger partial charge is 0.444 e. The van der Waals surface area contributed by atoms with Gasteiger partial charge in [-0.05, 0) is 45.7 Å². The second kappa shape index (κ2) is 7.97. The standard InChI is InChI=1S/C18H26F2N6O3S/c1-17(2,3)29-16(27)24-15-25-18(10-19,14-12(20)6-7-13(21)23-14)11-30(28)22-8-4-5-9-26(15)30/h6-7H,4-5,8-11H2,1-3H3,(H2,21,23)(H,24,25,27)/t18-,30-/m0/s1. The zero-order valence-corrected chi connectivity index (χ0v) is 18.0. The number of alkyl carbamates (subject to hydrolysis) is 1. The number of anilines is 1. The van der Waals surface area contributed by atoms with Gasteiger partial charge in [0.1, 0.15) is 39.5 Å². The first kappa shape index (κ1) is 22.2. The average molecular weight is 445 g/mol. The van der Waals surface area contributed by atoms with E-state index in [0.717, 1.165) is 6.07 Å². The van der Waals surface area contributed by atoms with E-state index in [9.17, 15) is 17.8 Å². The normalized spacial score (nSPS) is 26.7. The van der Waals surface area contributed by atoms with Crippen molar-refractivity contribution in [2.45, 2.75) is 44.8 Å². The Morgan fingerprint density at radius 2 is 2.13 bits per heavy atom. The number of aliphatic imine (C=N–C) groups is 1. The van der Waals surface area contributed by atoms with Gasteiger partial charge in [-0.1, -0.05) is 0 Å². The quantitative estimate of drug-likeness (QED) is 0.725. The zero-order valence-electron chi connectivity index (χ0n) is 17.2. The number of carbonyl (C=O) groups excluding carboxylic acids is 1. The molecule has 0 spiro atoms. The molecule has 0 aliphatic carbocycles. The highest BCUT2D eigenvalue weighted by Crippen LogP contribution is 2.36. The van der Waals surface area contributed by atoms with E-state index in [4.69, 9.17) is 10.5 Å². The Morgan fingerprint density at radius 3 is 2.80 bits per heavy atom. The number of hydrogen-bond donors (Lipinski definition) is 2. The molecule has 1 amide bonds. The zero-order chi connectivity index (χ0) is 22.2. The van der Waals surface area contributed by atoms with Crippen molar-refractivity contribution in [3.8, 4) is 0 Å². The lowest BCUT2D eigenvalue weighted by molar-refractivity contribution is 0.0558. The molecule has 3 N–H and O–H groups in total. The summed E-state index contributed by atoms with van der Waals surface area (Å²) in [5.74, 6) is -1.48. The molecule has 2 aliphatic heterocycles. The van der Waals surface area contributed by atoms with Crippen LogP contribution in [0.3, 0.4) is 0 Å². The number of nitrogens with two attached hydrogens (primary N) is 1. The average Bonchev–Trinajstić information content (AvgIpc) is 2.83. The number of hydrogen-bond acceptors (Lipinski definition) is 7. The highest BCUT2D eigenvalue weighted by atomic mass is 32.2. The summed E-state index contributed by atoms with van der Waals surface area (Å²) in [7, 11) is -3.23. The molecule has 1 aromatic rings. The number of aromatic nitrogens is 1. The van der Waals surface area contributed by atoms with Crippen molar-refractivity contribution in [3.05, 3.63) is 23.6 Å². The molecule has 0 saturated carbocycles. The highest BCUT2D eigenvalue weighted by Gasteiger charge is 2.48. The fourth-order valence-corrected chi connectivity index (χ4v) is 5.75. The van der Waals surface area contributed by atoms with Crippen LogP contribution in [-0.2, 0) is 20.2 Å². The van der Waals surface area contributed by atoms with Crippen molar-refractivity contribution in [1.29, 1.82) is 0 Å². The van der Waals surface area contributed by atoms with Crippen LogP contribution in [0.1, 0.15) is 39.3 Å². The van der Waals surface area contributed by atoms with Crippen molar-refractivity contribution in [3.63, 3.8) is 0 Å². The summed E-state index contributed by atoms with van der Waals surface area (Å²) in [5.41, 5.74) is 2.54. The van der Waals surface area contributed by atoms with E-state index < -0.39 is 45.4 Å². The van der Waals surface area contributed by atoms with Crippen molar-refractivity contribution in [2.24, 2.45) is 9.36 Å². The molecular weight excluding hydrogens is 418 g/mol. The lowest BCUT2D eigenvalue weighted by Gasteiger charge is -2.39. The van der Waals surface area contributed by atoms with Crippen LogP contribution in [0.25, 0.3) is 0 Å². The van der Waals surface area contributed by atoms with Gasteiger partial charge in [-0.3, -0.25) is 9.62 Å². The Labute approximate surface area is 174 Å². The number of nitrogens with zero attached hydrogens (tertiary/aromatic N) is 4. The van der Waals surface area contributed by atoms with Crippen molar-refractivity contribution in [1.82, 2.24) is 14.6 Å². The number of guanidine groups is 1. The molecule has 3 heterocycles. The molecule has 2 aliphatic rings. The number of ether oxygens (including phenoxy) is 1. The summed E-state index contributed by atoms with van der Waals surface area (Å²) in [6, 6.07) is 2.29. The first-order valence-electron chi connectivity index (χ1n) is 9.55. The minimum absolute atomic E-state index is 0.0359. The molecule has 0 fully saturated rings. The summed E-state index contributed by atoms with van der Waals surface area (Å²) >= 11 is 0. The maximum atomic E-state index is 14.6. The topological polar surface area (TPSA) is 122 Å². The van der Waals surface area contributed by atoms with Crippen molar-refractivity contribution in [2.75, 3.05) is 31.3 Å². The second-order valence-corrected chi connectivity index (χ2v) is 10.4. The Morgan fingerprint density at radius 1 is 1.40 bits per heavy atom. The molecule has 30 heavy (non-hydrogen) atoms. The second-order valence-electron chi connectivity index (χ2n) is 8.21. The van der Waals surface area contributed by atoms with Gasteiger partial charge in [-0.15, -0.1) is 0 Å². The molecule has 1 aromatic heterocycles. The number of pyridine rings is 1. The van der Waals surface area contributed by atoms with Crippen LogP contribution in [-0.4, -0.2) is 56.7 Å². The molecule has 0 unspecified atom stereocenters. The Balaban J connectivity index is 2.15. The van der Waals surface area contributed by atoms with E-state index in [0.29, 0.717) is 19.4 Å². The van der Waals surface area contributed by atoms with Crippen LogP contribution in [0, 0.1) is 5.82 Å². The van der Waals surface area contributed by atoms with Crippen LogP contribution < -0.4 is 11.1 Å². The number of carbonyl (C=O) groups is 1. The smallest absolute Gasteiger partial charge is 0.414 e. The van der Waals surface area contributed by atoms with Crippen LogP contribution in [0.5, 0.6) is 0 Å². The van der Waals surface area contributed by atoms with Gasteiger partial charge in [-0.25, -0.2) is 32.1 Å². The molecule has 12 heteroatoms. The molecule has 166 valence electrons. The van der Waals surface area contributed by atoms with E-state index in [-0.39, 0.29) is 24.0 Å². The number of rotatable bonds is 2. The highest BCUT2D eigenvalue weighted by molar-refractivity contribution is 7.92. The number of halogens is 2. The van der Waals surface area contributed by atoms with Crippen molar-refractivity contribution >= 4 is 27.8 Å². The predicted octanol–water partition coefficient (Wildman–Crippen LogP) is 2.34. The maximum absolute atomic E-state index is 14.6. The van der Waals surface area contributed by atoms with Gasteiger partial charge < -0.3 is 10.5 Å². The third-order valence-corrected chi connectivity index (χ3v) is 7.02. The summed E-state index contributed by atoms with van der Waals surface area (Å²) in [6.07, 6.45) is 0.451. The number of amides is 1. The first-order chi connectivity index (χ1) is 14.0. The Hall–Kier alpha value is -2.50. The molecule has 0 bridgehead atoms. The third kappa shape index (κ3) is 4.47. The Bertz CT molecular complexity index is 987. The minimum Gasteiger partial charge on any atom is -0.444 e. The monoisotopic (exact) mass is 444 g/mol. The van der Waals surface area contributed by atoms with Crippen LogP contribution in [0.4, 0.5) is 19.4 Å². The van der Waals surface area contributed by atoms with Gasteiger partial charge in [-0.2, -0.15) is 0 Å². The number of nitrogen functional groups attached to an aromatic ring is 1.